The zero-order valence-corrected chi connectivity index (χ0v) is 11.6. The Hall–Kier alpha value is -1.64. The van der Waals surface area contributed by atoms with E-state index in [-0.39, 0.29) is 6.61 Å². The van der Waals surface area contributed by atoms with E-state index in [2.05, 4.69) is 16.9 Å². The van der Waals surface area contributed by atoms with Crippen LogP contribution in [0.5, 0.6) is 0 Å². The van der Waals surface area contributed by atoms with Crippen molar-refractivity contribution in [1.82, 2.24) is 0 Å². The molecule has 0 fully saturated rings. The maximum absolute atomic E-state index is 11.3. The van der Waals surface area contributed by atoms with Gasteiger partial charge in [-0.25, -0.2) is 4.79 Å². The number of benzene rings is 1. The molecular formula is C16H22O3. The van der Waals surface area contributed by atoms with Gasteiger partial charge in [0.25, 0.3) is 0 Å². The molecule has 0 bridgehead atoms. The molecule has 3 heteroatoms. The van der Waals surface area contributed by atoms with Gasteiger partial charge in [0.1, 0.15) is 0 Å². The molecule has 0 heterocycles. The van der Waals surface area contributed by atoms with Gasteiger partial charge in [0.15, 0.2) is 0 Å². The predicted octanol–water partition coefficient (Wildman–Crippen LogP) is 3.31. The maximum atomic E-state index is 11.3. The number of esters is 1. The number of hydrogen-bond acceptors (Lipinski definition) is 3. The Bertz CT molecular complexity index is 384. The van der Waals surface area contributed by atoms with Gasteiger partial charge in [0.2, 0.25) is 5.78 Å². The molecule has 0 spiro atoms. The predicted molar refractivity (Wildman–Crippen MR) is 74.9 cm³/mol. The second-order valence-corrected chi connectivity index (χ2v) is 4.54. The summed E-state index contributed by atoms with van der Waals surface area (Å²) >= 11 is 0. The Labute approximate surface area is 115 Å². The molecule has 0 aliphatic carbocycles. The fourth-order valence-electron chi connectivity index (χ4n) is 1.93. The highest BCUT2D eigenvalue weighted by Crippen LogP contribution is 2.09. The molecule has 0 saturated heterocycles. The number of unbranched alkanes of at least 4 members (excludes halogenated alkanes) is 3. The molecule has 104 valence electrons. The van der Waals surface area contributed by atoms with Crippen LogP contribution in [-0.2, 0) is 20.7 Å². The van der Waals surface area contributed by atoms with Crippen molar-refractivity contribution in [3.05, 3.63) is 35.9 Å². The van der Waals surface area contributed by atoms with Gasteiger partial charge >= 0.3 is 5.97 Å². The van der Waals surface area contributed by atoms with Gasteiger partial charge in [-0.2, -0.15) is 0 Å². The highest BCUT2D eigenvalue weighted by atomic mass is 16.5. The monoisotopic (exact) mass is 262 g/mol. The van der Waals surface area contributed by atoms with E-state index < -0.39 is 11.8 Å². The molecule has 1 rings (SSSR count). The van der Waals surface area contributed by atoms with Crippen LogP contribution in [0.4, 0.5) is 0 Å². The van der Waals surface area contributed by atoms with E-state index in [0.29, 0.717) is 6.42 Å². The molecule has 3 nitrogen and oxygen atoms in total. The summed E-state index contributed by atoms with van der Waals surface area (Å²) in [6.45, 7) is 1.97. The largest absolute Gasteiger partial charge is 0.460 e. The third-order valence-corrected chi connectivity index (χ3v) is 2.97. The minimum absolute atomic E-state index is 0.266. The van der Waals surface area contributed by atoms with E-state index in [0.717, 1.165) is 32.1 Å². The van der Waals surface area contributed by atoms with E-state index in [1.807, 2.05) is 18.2 Å². The van der Waals surface area contributed by atoms with Crippen LogP contribution in [0.3, 0.4) is 0 Å². The van der Waals surface area contributed by atoms with Gasteiger partial charge in [-0.3, -0.25) is 4.79 Å². The summed E-state index contributed by atoms with van der Waals surface area (Å²) in [4.78, 5) is 22.4. The number of carbonyl (C=O) groups is 2. The normalized spacial score (nSPS) is 10.2. The average molecular weight is 262 g/mol. The van der Waals surface area contributed by atoms with Crippen molar-refractivity contribution in [1.29, 1.82) is 0 Å². The molecule has 0 aliphatic rings. The van der Waals surface area contributed by atoms with Gasteiger partial charge < -0.3 is 4.74 Å². The van der Waals surface area contributed by atoms with E-state index in [1.54, 1.807) is 6.92 Å². The number of ketones is 1. The summed E-state index contributed by atoms with van der Waals surface area (Å²) in [5.41, 5.74) is 1.35. The molecule has 0 aliphatic heterocycles. The average Bonchev–Trinajstić information content (AvgIpc) is 2.43. The van der Waals surface area contributed by atoms with Gasteiger partial charge in [-0.05, 0) is 31.7 Å². The number of carbonyl (C=O) groups excluding carboxylic acids is 2. The highest BCUT2D eigenvalue weighted by Gasteiger charge is 2.13. The van der Waals surface area contributed by atoms with Crippen LogP contribution in [0.2, 0.25) is 0 Å². The van der Waals surface area contributed by atoms with Crippen LogP contribution in [0.25, 0.3) is 0 Å². The first-order chi connectivity index (χ1) is 9.24. The third kappa shape index (κ3) is 6.75. The van der Waals surface area contributed by atoms with Crippen LogP contribution in [0.15, 0.2) is 30.3 Å². The molecule has 0 aromatic heterocycles. The Morgan fingerprint density at radius 2 is 1.68 bits per heavy atom. The second kappa shape index (κ2) is 9.31. The first-order valence-electron chi connectivity index (χ1n) is 6.98. The second-order valence-electron chi connectivity index (χ2n) is 4.54. The Balaban J connectivity index is 2.02. The minimum Gasteiger partial charge on any atom is -0.460 e. The fourth-order valence-corrected chi connectivity index (χ4v) is 1.93. The molecule has 1 aromatic carbocycles. The standard InChI is InChI=1S/C16H22O3/c1-2-19-16(18)15(17)13-9-4-3-6-10-14-11-7-5-8-12-14/h5,7-8,11-12H,2-4,6,9-10,13H2,1H3. The first kappa shape index (κ1) is 15.4. The molecule has 0 unspecified atom stereocenters. The first-order valence-corrected chi connectivity index (χ1v) is 6.98. The lowest BCUT2D eigenvalue weighted by Crippen LogP contribution is -2.16. The summed E-state index contributed by atoms with van der Waals surface area (Å²) in [5.74, 6) is -1.09. The van der Waals surface area contributed by atoms with Crippen LogP contribution in [0, 0.1) is 0 Å². The van der Waals surface area contributed by atoms with Crippen LogP contribution in [-0.4, -0.2) is 18.4 Å². The van der Waals surface area contributed by atoms with E-state index in [4.69, 9.17) is 0 Å². The van der Waals surface area contributed by atoms with Crippen molar-refractivity contribution in [3.8, 4) is 0 Å². The summed E-state index contributed by atoms with van der Waals surface area (Å²) in [5, 5.41) is 0. The van der Waals surface area contributed by atoms with Gasteiger partial charge in [0.05, 0.1) is 6.61 Å². The number of Topliss-reactive ketones (excluding diaryl/α,β-unsaturated/α-hetero) is 1. The van der Waals surface area contributed by atoms with Crippen molar-refractivity contribution >= 4 is 11.8 Å². The van der Waals surface area contributed by atoms with E-state index in [9.17, 15) is 9.59 Å². The smallest absolute Gasteiger partial charge is 0.374 e. The molecule has 0 saturated carbocycles. The molecule has 19 heavy (non-hydrogen) atoms. The van der Waals surface area contributed by atoms with Gasteiger partial charge in [-0.15, -0.1) is 0 Å². The molecule has 1 aromatic rings. The van der Waals surface area contributed by atoms with Crippen LogP contribution < -0.4 is 0 Å². The number of aryl methyl sites for hydroxylation is 1. The molecule has 0 radical (unpaired) electrons. The SMILES string of the molecule is CCOC(=O)C(=O)CCCCCCc1ccccc1. The van der Waals surface area contributed by atoms with Crippen molar-refractivity contribution in [2.45, 2.75) is 45.4 Å². The van der Waals surface area contributed by atoms with E-state index in [1.165, 1.54) is 5.56 Å². The molecular weight excluding hydrogens is 240 g/mol. The summed E-state index contributed by atoms with van der Waals surface area (Å²) < 4.78 is 4.65. The van der Waals surface area contributed by atoms with E-state index >= 15 is 0 Å². The minimum atomic E-state index is -0.688. The fraction of sp³-hybridized carbons (Fsp3) is 0.500. The summed E-state index contributed by atoms with van der Waals surface area (Å²) in [7, 11) is 0. The van der Waals surface area contributed by atoms with Gasteiger partial charge in [-0.1, -0.05) is 43.2 Å². The number of ether oxygens (including phenoxy) is 1. The number of hydrogen-bond donors (Lipinski definition) is 0. The maximum Gasteiger partial charge on any atom is 0.374 e. The quantitative estimate of drug-likeness (QED) is 0.389. The zero-order valence-electron chi connectivity index (χ0n) is 11.6. The summed E-state index contributed by atoms with van der Waals surface area (Å²) in [6, 6.07) is 10.4. The van der Waals surface area contributed by atoms with Crippen molar-refractivity contribution in [2.75, 3.05) is 6.61 Å². The van der Waals surface area contributed by atoms with Crippen LogP contribution in [0.1, 0.15) is 44.6 Å². The lowest BCUT2D eigenvalue weighted by molar-refractivity contribution is -0.153. The number of rotatable bonds is 9. The van der Waals surface area contributed by atoms with Gasteiger partial charge in [0, 0.05) is 6.42 Å². The van der Waals surface area contributed by atoms with Crippen molar-refractivity contribution in [2.24, 2.45) is 0 Å². The molecule has 0 atom stereocenters. The Morgan fingerprint density at radius 1 is 1.00 bits per heavy atom. The highest BCUT2D eigenvalue weighted by molar-refractivity contribution is 6.33. The zero-order chi connectivity index (χ0) is 13.9. The molecule has 0 N–H and O–H groups in total. The lowest BCUT2D eigenvalue weighted by Gasteiger charge is -2.02. The van der Waals surface area contributed by atoms with Crippen LogP contribution >= 0.6 is 0 Å². The third-order valence-electron chi connectivity index (χ3n) is 2.97. The topological polar surface area (TPSA) is 43.4 Å². The lowest BCUT2D eigenvalue weighted by atomic mass is 10.0. The van der Waals surface area contributed by atoms with Crippen molar-refractivity contribution in [3.63, 3.8) is 0 Å². The van der Waals surface area contributed by atoms with Crippen molar-refractivity contribution < 1.29 is 14.3 Å². The summed E-state index contributed by atoms with van der Waals surface area (Å²) in [6.07, 6.45) is 5.35. The Morgan fingerprint density at radius 3 is 2.37 bits per heavy atom. The molecule has 0 amide bonds. The Kier molecular flexibility index (Phi) is 7.56.